The fraction of sp³-hybridized carbons (Fsp3) is 0.941. The minimum atomic E-state index is -5.50. The van der Waals surface area contributed by atoms with Crippen molar-refractivity contribution in [3.63, 3.8) is 0 Å². The van der Waals surface area contributed by atoms with Crippen LogP contribution in [-0.2, 0) is 52.0 Å². The number of carbonyl (C=O) groups is 4. The predicted molar refractivity (Wildman–Crippen MR) is 349 cm³/mol. The first-order chi connectivity index (χ1) is 43.8. The number of aliphatic hydroxyl groups is 7. The van der Waals surface area contributed by atoms with Crippen molar-refractivity contribution in [3.8, 4) is 0 Å². The third kappa shape index (κ3) is 40.7. The highest BCUT2D eigenvalue weighted by Gasteiger charge is 2.54. The molecule has 91 heavy (non-hydrogen) atoms. The number of rotatable bonds is 58. The number of hydrogen-bond donors (Lipinski definition) is 11. The molecule has 11 N–H and O–H groups in total. The molecule has 2 saturated heterocycles. The first kappa shape index (κ1) is 84.7. The van der Waals surface area contributed by atoms with E-state index in [-0.39, 0.29) is 19.3 Å². The molecule has 14 atom stereocenters. The summed E-state index contributed by atoms with van der Waals surface area (Å²) in [4.78, 5) is 75.4. The molecular formula is C68H129N2O20P. The number of ether oxygens (including phenoxy) is 5. The Labute approximate surface area is 546 Å². The molecule has 22 nitrogen and oxygen atoms in total. The maximum Gasteiger partial charge on any atom is 0.470 e. The van der Waals surface area contributed by atoms with Gasteiger partial charge in [0.25, 0.3) is 0 Å². The van der Waals surface area contributed by atoms with Crippen molar-refractivity contribution in [2.75, 3.05) is 13.2 Å². The van der Waals surface area contributed by atoms with Gasteiger partial charge in [0.05, 0.1) is 63.3 Å². The van der Waals surface area contributed by atoms with E-state index in [2.05, 4.69) is 38.3 Å². The molecule has 0 aromatic heterocycles. The lowest BCUT2D eigenvalue weighted by Crippen LogP contribution is -2.68. The fourth-order valence-corrected chi connectivity index (χ4v) is 12.8. The molecule has 9 unspecified atom stereocenters. The van der Waals surface area contributed by atoms with Crippen molar-refractivity contribution in [1.29, 1.82) is 0 Å². The summed E-state index contributed by atoms with van der Waals surface area (Å²) in [6, 6.07) is -3.36. The summed E-state index contributed by atoms with van der Waals surface area (Å²) in [5.41, 5.74) is 0. The van der Waals surface area contributed by atoms with E-state index in [9.17, 15) is 69.3 Å². The van der Waals surface area contributed by atoms with Crippen LogP contribution in [0.1, 0.15) is 310 Å². The van der Waals surface area contributed by atoms with E-state index < -0.39 is 150 Å². The lowest BCUT2D eigenvalue weighted by atomic mass is 9.95. The second-order valence-electron chi connectivity index (χ2n) is 26.2. The molecule has 0 aromatic carbocycles. The smallest absolute Gasteiger partial charge is 0.457 e. The molecule has 0 bridgehead atoms. The molecule has 2 fully saturated rings. The van der Waals surface area contributed by atoms with E-state index in [4.69, 9.17) is 28.2 Å². The largest absolute Gasteiger partial charge is 0.470 e. The van der Waals surface area contributed by atoms with E-state index in [0.717, 1.165) is 128 Å². The maximum atomic E-state index is 14.0. The molecule has 0 aliphatic carbocycles. The Morgan fingerprint density at radius 1 is 0.429 bits per heavy atom. The predicted octanol–water partition coefficient (Wildman–Crippen LogP) is 10.8. The molecule has 0 radical (unpaired) electrons. The monoisotopic (exact) mass is 1320 g/mol. The Kier molecular flexibility index (Phi) is 49.1. The summed E-state index contributed by atoms with van der Waals surface area (Å²) in [6.45, 7) is 6.87. The second kappa shape index (κ2) is 52.7. The van der Waals surface area contributed by atoms with Gasteiger partial charge >= 0.3 is 19.8 Å². The van der Waals surface area contributed by atoms with Gasteiger partial charge in [0.2, 0.25) is 11.8 Å². The Morgan fingerprint density at radius 2 is 0.747 bits per heavy atom. The number of esters is 2. The average Bonchev–Trinajstić information content (AvgIpc) is 0.855. The molecule has 2 aliphatic heterocycles. The van der Waals surface area contributed by atoms with Gasteiger partial charge in [0.15, 0.2) is 24.8 Å². The molecule has 0 saturated carbocycles. The summed E-state index contributed by atoms with van der Waals surface area (Å²) in [5, 5.41) is 83.5. The lowest BCUT2D eigenvalue weighted by Gasteiger charge is -2.46. The molecule has 0 spiro atoms. The van der Waals surface area contributed by atoms with Crippen molar-refractivity contribution in [2.45, 2.75) is 396 Å². The number of nitrogens with one attached hydrogen (secondary N) is 2. The van der Waals surface area contributed by atoms with Crippen LogP contribution in [-0.4, -0.2) is 168 Å². The third-order valence-electron chi connectivity index (χ3n) is 17.6. The van der Waals surface area contributed by atoms with Crippen molar-refractivity contribution in [2.24, 2.45) is 0 Å². The summed E-state index contributed by atoms with van der Waals surface area (Å²) < 4.78 is 47.4. The molecule has 2 aliphatic rings. The van der Waals surface area contributed by atoms with Gasteiger partial charge in [0, 0.05) is 0 Å². The maximum absolute atomic E-state index is 14.0. The number of unbranched alkanes of at least 4 members (excludes halogenated alkanes) is 32. The van der Waals surface area contributed by atoms with Gasteiger partial charge in [-0.2, -0.15) is 0 Å². The highest BCUT2D eigenvalue weighted by atomic mass is 31.2. The van der Waals surface area contributed by atoms with E-state index in [0.29, 0.717) is 38.5 Å². The Morgan fingerprint density at radius 3 is 1.09 bits per heavy atom. The summed E-state index contributed by atoms with van der Waals surface area (Å²) in [7, 11) is -5.50. The van der Waals surface area contributed by atoms with Gasteiger partial charge in [0.1, 0.15) is 36.5 Å². The molecule has 2 amide bonds. The zero-order valence-corrected chi connectivity index (χ0v) is 57.5. The van der Waals surface area contributed by atoms with Crippen LogP contribution in [0.2, 0.25) is 0 Å². The Hall–Kier alpha value is -2.41. The van der Waals surface area contributed by atoms with E-state index in [1.54, 1.807) is 0 Å². The van der Waals surface area contributed by atoms with Gasteiger partial charge < -0.3 is 79.9 Å². The van der Waals surface area contributed by atoms with Crippen LogP contribution in [0, 0.1) is 0 Å². The zero-order chi connectivity index (χ0) is 67.1. The highest BCUT2D eigenvalue weighted by molar-refractivity contribution is 7.46. The lowest BCUT2D eigenvalue weighted by molar-refractivity contribution is -0.298. The van der Waals surface area contributed by atoms with Gasteiger partial charge in [-0.15, -0.1) is 0 Å². The molecule has 2 rings (SSSR count). The molecule has 23 heteroatoms. The SMILES string of the molecule is CCCCCCCCCCCC(O)CC(=O)NC1C(O)OC(CO[C@@H]2OC(CO)[C@@H](OP(=O)(O)O)[C@H](OC(=O)CC(O)CCCCCCCCCCC)C2NC(=O)CC(O)CCCCCCCCCCC)[C@@H](O)[C@@H]1OC(=O)CC(O)CCCCCCCCCCC. The number of carbonyl (C=O) groups excluding carboxylic acids is 4. The standard InChI is InChI=1S/C68H129N2O20P/c1-5-9-13-17-21-25-29-33-37-41-51(72)45-57(76)69-61-65(88-59(78)47-53(74)43-39-35-31-27-23-19-15-11-7-3)63(80)56(86-67(61)81)50-85-68-62(70-58(77)46-52(73)42-38-34-30-26-22-18-14-10-6-2)66(64(55(49-71)87-68)90-91(82,83)84)89-60(79)48-54(75)44-40-36-32-28-24-20-16-12-8-4/h51-56,61-68,71-75,80-81H,5-50H2,1-4H3,(H,69,76)(H,70,77)(H2,82,83,84)/t51?,52?,53?,54?,55?,56?,61?,62?,63-,64-,65-,66-,67?,68-/m1/s1. The Bertz CT molecular complexity index is 1890. The normalized spacial score (nSPS) is 23.3. The zero-order valence-electron chi connectivity index (χ0n) is 56.6. The molecule has 2 heterocycles. The van der Waals surface area contributed by atoms with Crippen LogP contribution >= 0.6 is 7.82 Å². The summed E-state index contributed by atoms with van der Waals surface area (Å²) in [5.74, 6) is -3.59. The third-order valence-corrected chi connectivity index (χ3v) is 18.1. The topological polar surface area (TPSA) is 347 Å². The second-order valence-corrected chi connectivity index (χ2v) is 27.4. The van der Waals surface area contributed by atoms with Crippen LogP contribution in [0.4, 0.5) is 0 Å². The van der Waals surface area contributed by atoms with Crippen LogP contribution in [0.15, 0.2) is 0 Å². The summed E-state index contributed by atoms with van der Waals surface area (Å²) >= 11 is 0. The van der Waals surface area contributed by atoms with E-state index >= 15 is 0 Å². The van der Waals surface area contributed by atoms with Crippen LogP contribution in [0.25, 0.3) is 0 Å². The Balaban J connectivity index is 2.41. The number of aliphatic hydroxyl groups excluding tert-OH is 7. The molecular weight excluding hydrogens is 1200 g/mol. The van der Waals surface area contributed by atoms with Crippen molar-refractivity contribution in [1.82, 2.24) is 10.6 Å². The number of hydrogen-bond acceptors (Lipinski definition) is 18. The minimum absolute atomic E-state index is 0.237. The number of phosphoric acid groups is 1. The van der Waals surface area contributed by atoms with Crippen LogP contribution in [0.3, 0.4) is 0 Å². The van der Waals surface area contributed by atoms with Gasteiger partial charge in [-0.1, -0.05) is 259 Å². The first-order valence-corrected chi connectivity index (χ1v) is 37.6. The summed E-state index contributed by atoms with van der Waals surface area (Å²) in [6.07, 6.45) is 17.4. The van der Waals surface area contributed by atoms with Crippen LogP contribution in [0.5, 0.6) is 0 Å². The minimum Gasteiger partial charge on any atom is -0.457 e. The molecule has 0 aromatic rings. The average molecular weight is 1330 g/mol. The molecule has 536 valence electrons. The van der Waals surface area contributed by atoms with Crippen molar-refractivity contribution < 1.29 is 97.5 Å². The van der Waals surface area contributed by atoms with Crippen LogP contribution < -0.4 is 10.6 Å². The number of amides is 2. The fourth-order valence-electron chi connectivity index (χ4n) is 12.2. The van der Waals surface area contributed by atoms with Crippen molar-refractivity contribution in [3.05, 3.63) is 0 Å². The number of phosphoric ester groups is 1. The highest BCUT2D eigenvalue weighted by Crippen LogP contribution is 2.42. The van der Waals surface area contributed by atoms with Gasteiger partial charge in [-0.25, -0.2) is 4.57 Å². The van der Waals surface area contributed by atoms with E-state index in [1.807, 2.05) is 0 Å². The first-order valence-electron chi connectivity index (χ1n) is 36.1. The van der Waals surface area contributed by atoms with E-state index in [1.165, 1.54) is 77.0 Å². The van der Waals surface area contributed by atoms with Gasteiger partial charge in [-0.3, -0.25) is 23.7 Å². The van der Waals surface area contributed by atoms with Crippen molar-refractivity contribution >= 4 is 31.6 Å². The van der Waals surface area contributed by atoms with Gasteiger partial charge in [-0.05, 0) is 25.7 Å². The quantitative estimate of drug-likeness (QED) is 0.0153.